The molecule has 2 aliphatic heterocycles. The van der Waals surface area contributed by atoms with Crippen molar-refractivity contribution in [2.45, 2.75) is 58.0 Å². The van der Waals surface area contributed by atoms with Gasteiger partial charge in [0.1, 0.15) is 12.1 Å². The maximum atomic E-state index is 13.7. The van der Waals surface area contributed by atoms with Gasteiger partial charge in [0.2, 0.25) is 0 Å². The second-order valence-corrected chi connectivity index (χ2v) is 10.6. The van der Waals surface area contributed by atoms with Crippen LogP contribution in [0.3, 0.4) is 0 Å². The lowest BCUT2D eigenvalue weighted by molar-refractivity contribution is 0.0176. The Balaban J connectivity index is 1.24. The fraction of sp³-hybridized carbons (Fsp3) is 0.433. The number of piperidine rings is 2. The highest BCUT2D eigenvalue weighted by molar-refractivity contribution is 5.96. The zero-order valence-corrected chi connectivity index (χ0v) is 22.0. The van der Waals surface area contributed by atoms with Gasteiger partial charge in [-0.05, 0) is 82.9 Å². The van der Waals surface area contributed by atoms with Gasteiger partial charge in [0, 0.05) is 49.1 Å². The SMILES string of the molecule is Cc1ncnc(C)c1C(=O)N1CCC(C)(N2CCC(N(c3ccccc3)c3ccc(F)cc3)CC2)CC1. The molecule has 2 fully saturated rings. The Hall–Kier alpha value is -3.32. The van der Waals surface area contributed by atoms with E-state index in [1.165, 1.54) is 6.33 Å². The largest absolute Gasteiger partial charge is 0.338 e. The zero-order chi connectivity index (χ0) is 26.0. The molecule has 5 rings (SSSR count). The monoisotopic (exact) mass is 501 g/mol. The van der Waals surface area contributed by atoms with Crippen LogP contribution in [0.2, 0.25) is 0 Å². The van der Waals surface area contributed by atoms with Crippen molar-refractivity contribution in [2.24, 2.45) is 0 Å². The summed E-state index contributed by atoms with van der Waals surface area (Å²) in [5.41, 5.74) is 4.38. The number of anilines is 2. The van der Waals surface area contributed by atoms with Crippen molar-refractivity contribution in [3.63, 3.8) is 0 Å². The van der Waals surface area contributed by atoms with E-state index in [0.29, 0.717) is 11.6 Å². The van der Waals surface area contributed by atoms with Crippen LogP contribution >= 0.6 is 0 Å². The summed E-state index contributed by atoms with van der Waals surface area (Å²) in [7, 11) is 0. The standard InChI is InChI=1S/C30H36FN5O/c1-22-28(23(2)33-21-32-22)29(37)34-19-15-30(3,16-20-34)35-17-13-27(14-18-35)36(25-7-5-4-6-8-25)26-11-9-24(31)10-12-26/h4-12,21,27H,13-20H2,1-3H3. The minimum Gasteiger partial charge on any atom is -0.338 e. The third-order valence-corrected chi connectivity index (χ3v) is 8.30. The number of amides is 1. The summed E-state index contributed by atoms with van der Waals surface area (Å²) in [6.45, 7) is 9.61. The number of aryl methyl sites for hydroxylation is 2. The summed E-state index contributed by atoms with van der Waals surface area (Å²) in [6.07, 6.45) is 5.49. The summed E-state index contributed by atoms with van der Waals surface area (Å²) in [5.74, 6) is -0.163. The zero-order valence-electron chi connectivity index (χ0n) is 22.0. The number of halogens is 1. The first-order chi connectivity index (χ1) is 17.9. The molecule has 0 radical (unpaired) electrons. The Morgan fingerprint density at radius 3 is 2.05 bits per heavy atom. The van der Waals surface area contributed by atoms with Gasteiger partial charge < -0.3 is 9.80 Å². The lowest BCUT2D eigenvalue weighted by atomic mass is 9.85. The quantitative estimate of drug-likeness (QED) is 0.460. The van der Waals surface area contributed by atoms with Gasteiger partial charge in [-0.3, -0.25) is 9.69 Å². The molecule has 1 aromatic heterocycles. The fourth-order valence-corrected chi connectivity index (χ4v) is 5.99. The Morgan fingerprint density at radius 2 is 1.46 bits per heavy atom. The first-order valence-corrected chi connectivity index (χ1v) is 13.3. The van der Waals surface area contributed by atoms with Gasteiger partial charge in [-0.2, -0.15) is 0 Å². The van der Waals surface area contributed by atoms with Gasteiger partial charge in [-0.15, -0.1) is 0 Å². The Bertz CT molecular complexity index is 1200. The van der Waals surface area contributed by atoms with Crippen LogP contribution < -0.4 is 4.90 Å². The number of hydrogen-bond donors (Lipinski definition) is 0. The molecule has 0 bridgehead atoms. The average molecular weight is 502 g/mol. The van der Waals surface area contributed by atoms with Crippen molar-refractivity contribution in [1.82, 2.24) is 19.8 Å². The molecule has 7 heteroatoms. The Kier molecular flexibility index (Phi) is 7.24. The minimum absolute atomic E-state index is 0.0501. The van der Waals surface area contributed by atoms with E-state index in [1.807, 2.05) is 36.9 Å². The van der Waals surface area contributed by atoms with Gasteiger partial charge in [0.25, 0.3) is 5.91 Å². The molecule has 1 amide bonds. The predicted molar refractivity (Wildman–Crippen MR) is 145 cm³/mol. The van der Waals surface area contributed by atoms with E-state index in [-0.39, 0.29) is 17.3 Å². The minimum atomic E-state index is -0.213. The summed E-state index contributed by atoms with van der Waals surface area (Å²) in [5, 5.41) is 0. The normalized spacial score (nSPS) is 18.5. The highest BCUT2D eigenvalue weighted by Gasteiger charge is 2.40. The number of carbonyl (C=O) groups is 1. The number of nitrogens with zero attached hydrogens (tertiary/aromatic N) is 5. The molecule has 2 saturated heterocycles. The number of carbonyl (C=O) groups excluding carboxylic acids is 1. The molecule has 0 N–H and O–H groups in total. The number of aromatic nitrogens is 2. The topological polar surface area (TPSA) is 52.6 Å². The van der Waals surface area contributed by atoms with E-state index >= 15 is 0 Å². The van der Waals surface area contributed by atoms with Crippen molar-refractivity contribution >= 4 is 17.3 Å². The van der Waals surface area contributed by atoms with Crippen LogP contribution in [0.25, 0.3) is 0 Å². The van der Waals surface area contributed by atoms with E-state index < -0.39 is 0 Å². The maximum Gasteiger partial charge on any atom is 0.257 e. The van der Waals surface area contributed by atoms with E-state index in [0.717, 1.165) is 74.6 Å². The second-order valence-electron chi connectivity index (χ2n) is 10.6. The van der Waals surface area contributed by atoms with Crippen LogP contribution in [0.1, 0.15) is 54.4 Å². The number of benzene rings is 2. The van der Waals surface area contributed by atoms with Crippen molar-refractivity contribution in [3.05, 3.63) is 83.7 Å². The molecule has 0 spiro atoms. The molecule has 0 atom stereocenters. The molecule has 3 heterocycles. The van der Waals surface area contributed by atoms with E-state index in [2.05, 4.69) is 51.0 Å². The number of rotatable bonds is 5. The summed E-state index contributed by atoms with van der Waals surface area (Å²) in [6, 6.07) is 17.6. The maximum absolute atomic E-state index is 13.7. The number of para-hydroxylation sites is 1. The summed E-state index contributed by atoms with van der Waals surface area (Å²) < 4.78 is 13.7. The molecule has 0 aliphatic carbocycles. The van der Waals surface area contributed by atoms with Gasteiger partial charge in [-0.1, -0.05) is 18.2 Å². The van der Waals surface area contributed by atoms with Gasteiger partial charge >= 0.3 is 0 Å². The smallest absolute Gasteiger partial charge is 0.257 e. The Labute approximate surface area is 219 Å². The molecule has 6 nitrogen and oxygen atoms in total. The average Bonchev–Trinajstić information content (AvgIpc) is 2.91. The highest BCUT2D eigenvalue weighted by atomic mass is 19.1. The number of hydrogen-bond acceptors (Lipinski definition) is 5. The highest BCUT2D eigenvalue weighted by Crippen LogP contribution is 2.36. The Morgan fingerprint density at radius 1 is 0.892 bits per heavy atom. The molecule has 3 aromatic rings. The molecule has 194 valence electrons. The lowest BCUT2D eigenvalue weighted by Crippen LogP contribution is -2.58. The summed E-state index contributed by atoms with van der Waals surface area (Å²) >= 11 is 0. The van der Waals surface area contributed by atoms with Gasteiger partial charge in [0.05, 0.1) is 17.0 Å². The third-order valence-electron chi connectivity index (χ3n) is 8.30. The fourth-order valence-electron chi connectivity index (χ4n) is 5.99. The first-order valence-electron chi connectivity index (χ1n) is 13.3. The summed E-state index contributed by atoms with van der Waals surface area (Å²) in [4.78, 5) is 28.7. The lowest BCUT2D eigenvalue weighted by Gasteiger charge is -2.50. The van der Waals surface area contributed by atoms with Crippen LogP contribution in [0, 0.1) is 19.7 Å². The van der Waals surface area contributed by atoms with Crippen LogP contribution in [0.15, 0.2) is 60.9 Å². The molecule has 0 unspecified atom stereocenters. The van der Waals surface area contributed by atoms with E-state index in [1.54, 1.807) is 12.1 Å². The van der Waals surface area contributed by atoms with Crippen molar-refractivity contribution in [1.29, 1.82) is 0 Å². The van der Waals surface area contributed by atoms with Crippen LogP contribution in [-0.2, 0) is 0 Å². The molecular weight excluding hydrogens is 465 g/mol. The van der Waals surface area contributed by atoms with Crippen molar-refractivity contribution in [2.75, 3.05) is 31.1 Å². The molecular formula is C30H36FN5O. The second kappa shape index (κ2) is 10.6. The molecule has 37 heavy (non-hydrogen) atoms. The van der Waals surface area contributed by atoms with Crippen LogP contribution in [0.4, 0.5) is 15.8 Å². The number of likely N-dealkylation sites (tertiary alicyclic amines) is 2. The van der Waals surface area contributed by atoms with E-state index in [4.69, 9.17) is 0 Å². The van der Waals surface area contributed by atoms with Crippen LogP contribution in [-0.4, -0.2) is 63.4 Å². The molecule has 2 aromatic carbocycles. The first kappa shape index (κ1) is 25.3. The third kappa shape index (κ3) is 5.23. The molecule has 0 saturated carbocycles. The predicted octanol–water partition coefficient (Wildman–Crippen LogP) is 5.53. The van der Waals surface area contributed by atoms with Gasteiger partial charge in [0.15, 0.2) is 0 Å². The van der Waals surface area contributed by atoms with Crippen molar-refractivity contribution < 1.29 is 9.18 Å². The van der Waals surface area contributed by atoms with Crippen LogP contribution in [0.5, 0.6) is 0 Å². The molecule has 2 aliphatic rings. The van der Waals surface area contributed by atoms with Crippen molar-refractivity contribution in [3.8, 4) is 0 Å². The van der Waals surface area contributed by atoms with Gasteiger partial charge in [-0.25, -0.2) is 14.4 Å². The van der Waals surface area contributed by atoms with E-state index in [9.17, 15) is 9.18 Å².